The number of hydrogen-bond donors (Lipinski definition) is 0. The highest BCUT2D eigenvalue weighted by atomic mass is 16.5. The SMILES string of the molecule is CCOC(=O)c1ccc(C(=O)OCC)c(Oc2ccccc2)c1. The predicted octanol–water partition coefficient (Wildman–Crippen LogP) is 3.83. The Bertz CT molecular complexity index is 679. The molecule has 0 aliphatic carbocycles. The van der Waals surface area contributed by atoms with E-state index in [1.807, 2.05) is 18.2 Å². The number of benzene rings is 2. The van der Waals surface area contributed by atoms with Gasteiger partial charge in [0.25, 0.3) is 0 Å². The Morgan fingerprint density at radius 3 is 2.17 bits per heavy atom. The van der Waals surface area contributed by atoms with E-state index >= 15 is 0 Å². The van der Waals surface area contributed by atoms with Gasteiger partial charge in [0.05, 0.1) is 18.8 Å². The van der Waals surface area contributed by atoms with E-state index in [-0.39, 0.29) is 24.5 Å². The van der Waals surface area contributed by atoms with E-state index in [0.29, 0.717) is 11.3 Å². The Kier molecular flexibility index (Phi) is 5.74. The summed E-state index contributed by atoms with van der Waals surface area (Å²) in [5.41, 5.74) is 0.564. The molecule has 2 aromatic carbocycles. The minimum Gasteiger partial charge on any atom is -0.462 e. The van der Waals surface area contributed by atoms with Crippen LogP contribution in [0.25, 0.3) is 0 Å². The smallest absolute Gasteiger partial charge is 0.341 e. The number of rotatable bonds is 6. The zero-order valence-electron chi connectivity index (χ0n) is 13.1. The maximum absolute atomic E-state index is 12.0. The van der Waals surface area contributed by atoms with E-state index in [4.69, 9.17) is 14.2 Å². The first-order chi connectivity index (χ1) is 11.2. The second-order valence-corrected chi connectivity index (χ2v) is 4.57. The van der Waals surface area contributed by atoms with Crippen molar-refractivity contribution in [3.05, 3.63) is 59.7 Å². The summed E-state index contributed by atoms with van der Waals surface area (Å²) < 4.78 is 15.7. The first-order valence-electron chi connectivity index (χ1n) is 7.37. The lowest BCUT2D eigenvalue weighted by atomic mass is 10.1. The fourth-order valence-electron chi connectivity index (χ4n) is 1.94. The van der Waals surface area contributed by atoms with Gasteiger partial charge in [-0.3, -0.25) is 0 Å². The third-order valence-corrected chi connectivity index (χ3v) is 2.96. The van der Waals surface area contributed by atoms with E-state index < -0.39 is 11.9 Å². The second-order valence-electron chi connectivity index (χ2n) is 4.57. The quantitative estimate of drug-likeness (QED) is 0.758. The third kappa shape index (κ3) is 4.32. The minimum atomic E-state index is -0.506. The van der Waals surface area contributed by atoms with Crippen molar-refractivity contribution >= 4 is 11.9 Å². The normalized spacial score (nSPS) is 10.0. The van der Waals surface area contributed by atoms with Crippen LogP contribution in [0.2, 0.25) is 0 Å². The fourth-order valence-corrected chi connectivity index (χ4v) is 1.94. The van der Waals surface area contributed by atoms with Crippen LogP contribution in [0.15, 0.2) is 48.5 Å². The summed E-state index contributed by atoms with van der Waals surface area (Å²) >= 11 is 0. The number of carbonyl (C=O) groups is 2. The maximum atomic E-state index is 12.0. The highest BCUT2D eigenvalue weighted by Gasteiger charge is 2.18. The van der Waals surface area contributed by atoms with Crippen molar-refractivity contribution in [3.63, 3.8) is 0 Å². The molecule has 0 heterocycles. The molecule has 5 nitrogen and oxygen atoms in total. The number of carbonyl (C=O) groups excluding carboxylic acids is 2. The summed E-state index contributed by atoms with van der Waals surface area (Å²) in [5, 5.41) is 0. The summed E-state index contributed by atoms with van der Waals surface area (Å²) in [7, 11) is 0. The van der Waals surface area contributed by atoms with Crippen LogP contribution in [0.1, 0.15) is 34.6 Å². The molecular formula is C18H18O5. The molecule has 0 saturated carbocycles. The zero-order valence-corrected chi connectivity index (χ0v) is 13.1. The van der Waals surface area contributed by atoms with Gasteiger partial charge >= 0.3 is 11.9 Å². The molecule has 0 spiro atoms. The summed E-state index contributed by atoms with van der Waals surface area (Å²) in [6, 6.07) is 13.5. The maximum Gasteiger partial charge on any atom is 0.341 e. The van der Waals surface area contributed by atoms with E-state index in [2.05, 4.69) is 0 Å². The molecule has 23 heavy (non-hydrogen) atoms. The number of ether oxygens (including phenoxy) is 3. The van der Waals surface area contributed by atoms with E-state index in [1.54, 1.807) is 26.0 Å². The van der Waals surface area contributed by atoms with Gasteiger partial charge in [-0.1, -0.05) is 18.2 Å². The fraction of sp³-hybridized carbons (Fsp3) is 0.222. The standard InChI is InChI=1S/C18H18O5/c1-3-21-17(19)13-10-11-15(18(20)22-4-2)16(12-13)23-14-8-6-5-7-9-14/h5-12H,3-4H2,1-2H3. The van der Waals surface area contributed by atoms with Gasteiger partial charge in [0, 0.05) is 0 Å². The van der Waals surface area contributed by atoms with Gasteiger partial charge in [0.15, 0.2) is 0 Å². The molecule has 0 atom stereocenters. The first kappa shape index (κ1) is 16.5. The number of hydrogen-bond acceptors (Lipinski definition) is 5. The molecule has 2 aromatic rings. The lowest BCUT2D eigenvalue weighted by Crippen LogP contribution is -2.09. The van der Waals surface area contributed by atoms with Crippen LogP contribution < -0.4 is 4.74 Å². The van der Waals surface area contributed by atoms with Crippen LogP contribution in [0.3, 0.4) is 0 Å². The van der Waals surface area contributed by atoms with Crippen LogP contribution in [-0.2, 0) is 9.47 Å². The van der Waals surface area contributed by atoms with Crippen molar-refractivity contribution in [1.29, 1.82) is 0 Å². The van der Waals surface area contributed by atoms with Gasteiger partial charge in [0.2, 0.25) is 0 Å². The van der Waals surface area contributed by atoms with Crippen molar-refractivity contribution < 1.29 is 23.8 Å². The summed E-state index contributed by atoms with van der Waals surface area (Å²) in [6.45, 7) is 3.98. The number of para-hydroxylation sites is 1. The van der Waals surface area contributed by atoms with Crippen molar-refractivity contribution in [1.82, 2.24) is 0 Å². The molecule has 0 aliphatic rings. The van der Waals surface area contributed by atoms with Gasteiger partial charge in [0.1, 0.15) is 17.1 Å². The Morgan fingerprint density at radius 1 is 0.870 bits per heavy atom. The van der Waals surface area contributed by atoms with Gasteiger partial charge < -0.3 is 14.2 Å². The van der Waals surface area contributed by atoms with Crippen LogP contribution in [0.4, 0.5) is 0 Å². The Labute approximate surface area is 134 Å². The topological polar surface area (TPSA) is 61.8 Å². The van der Waals surface area contributed by atoms with Gasteiger partial charge in [-0.2, -0.15) is 0 Å². The molecule has 0 saturated heterocycles. The molecule has 0 fully saturated rings. The van der Waals surface area contributed by atoms with Crippen LogP contribution >= 0.6 is 0 Å². The molecule has 0 aliphatic heterocycles. The van der Waals surface area contributed by atoms with Gasteiger partial charge in [-0.15, -0.1) is 0 Å². The third-order valence-electron chi connectivity index (χ3n) is 2.96. The Morgan fingerprint density at radius 2 is 1.52 bits per heavy atom. The first-order valence-corrected chi connectivity index (χ1v) is 7.37. The highest BCUT2D eigenvalue weighted by molar-refractivity contribution is 5.96. The molecule has 120 valence electrons. The zero-order chi connectivity index (χ0) is 16.7. The van der Waals surface area contributed by atoms with Crippen molar-refractivity contribution in [2.24, 2.45) is 0 Å². The van der Waals surface area contributed by atoms with E-state index in [1.165, 1.54) is 18.2 Å². The summed E-state index contributed by atoms with van der Waals surface area (Å²) in [4.78, 5) is 23.9. The predicted molar refractivity (Wildman–Crippen MR) is 84.9 cm³/mol. The molecule has 5 heteroatoms. The minimum absolute atomic E-state index is 0.250. The average Bonchev–Trinajstić information content (AvgIpc) is 2.56. The Hall–Kier alpha value is -2.82. The van der Waals surface area contributed by atoms with E-state index in [0.717, 1.165) is 0 Å². The van der Waals surface area contributed by atoms with Crippen LogP contribution in [0, 0.1) is 0 Å². The van der Waals surface area contributed by atoms with Crippen molar-refractivity contribution in [2.75, 3.05) is 13.2 Å². The highest BCUT2D eigenvalue weighted by Crippen LogP contribution is 2.27. The molecule has 0 unspecified atom stereocenters. The average molecular weight is 314 g/mol. The molecule has 0 N–H and O–H groups in total. The second kappa shape index (κ2) is 7.98. The Balaban J connectivity index is 2.38. The lowest BCUT2D eigenvalue weighted by molar-refractivity contribution is 0.0509. The number of esters is 2. The lowest BCUT2D eigenvalue weighted by Gasteiger charge is -2.12. The molecule has 2 rings (SSSR count). The van der Waals surface area contributed by atoms with Crippen LogP contribution in [0.5, 0.6) is 11.5 Å². The largest absolute Gasteiger partial charge is 0.462 e. The van der Waals surface area contributed by atoms with Crippen molar-refractivity contribution in [2.45, 2.75) is 13.8 Å². The summed E-state index contributed by atoms with van der Waals surface area (Å²) in [6.07, 6.45) is 0. The van der Waals surface area contributed by atoms with Crippen LogP contribution in [-0.4, -0.2) is 25.2 Å². The van der Waals surface area contributed by atoms with Crippen molar-refractivity contribution in [3.8, 4) is 11.5 Å². The molecule has 0 radical (unpaired) electrons. The molecule has 0 aromatic heterocycles. The van der Waals surface area contributed by atoms with Gasteiger partial charge in [-0.05, 0) is 44.2 Å². The summed E-state index contributed by atoms with van der Waals surface area (Å²) in [5.74, 6) is -0.172. The molecular weight excluding hydrogens is 296 g/mol. The van der Waals surface area contributed by atoms with Gasteiger partial charge in [-0.25, -0.2) is 9.59 Å². The molecule has 0 amide bonds. The molecule has 0 bridgehead atoms. The van der Waals surface area contributed by atoms with E-state index in [9.17, 15) is 9.59 Å². The monoisotopic (exact) mass is 314 g/mol.